The van der Waals surface area contributed by atoms with Gasteiger partial charge in [-0.15, -0.1) is 0 Å². The molecule has 1 aromatic carbocycles. The van der Waals surface area contributed by atoms with Gasteiger partial charge in [0.05, 0.1) is 0 Å². The molecule has 0 aromatic heterocycles. The summed E-state index contributed by atoms with van der Waals surface area (Å²) in [6, 6.07) is 6.84. The van der Waals surface area contributed by atoms with Crippen LogP contribution in [0.3, 0.4) is 0 Å². The fourth-order valence-corrected chi connectivity index (χ4v) is 2.26. The Morgan fingerprint density at radius 1 is 1.22 bits per heavy atom. The Bertz CT molecular complexity index is 527. The predicted octanol–water partition coefficient (Wildman–Crippen LogP) is 1.82. The van der Waals surface area contributed by atoms with E-state index >= 15 is 0 Å². The number of carbonyl (C=O) groups is 2. The quantitative estimate of drug-likeness (QED) is 0.719. The molecule has 2 amide bonds. The first kappa shape index (κ1) is 19.2. The maximum absolute atomic E-state index is 12.3. The Morgan fingerprint density at radius 2 is 1.91 bits per heavy atom. The maximum Gasteiger partial charge on any atom is 0.251 e. The highest BCUT2D eigenvalue weighted by Gasteiger charge is 2.24. The molecule has 1 rings (SSSR count). The van der Waals surface area contributed by atoms with Gasteiger partial charge in [0.15, 0.2) is 0 Å². The molecule has 5 heteroatoms. The van der Waals surface area contributed by atoms with Gasteiger partial charge in [0.25, 0.3) is 5.91 Å². The van der Waals surface area contributed by atoms with Crippen LogP contribution >= 0.6 is 0 Å². The van der Waals surface area contributed by atoms with Crippen molar-refractivity contribution in [2.45, 2.75) is 33.2 Å². The Labute approximate surface area is 139 Å². The lowest BCUT2D eigenvalue weighted by Gasteiger charge is -2.22. The summed E-state index contributed by atoms with van der Waals surface area (Å²) < 4.78 is 0. The largest absolute Gasteiger partial charge is 0.354 e. The molecular weight excluding hydrogens is 290 g/mol. The fourth-order valence-electron chi connectivity index (χ4n) is 2.26. The SMILES string of the molecule is Cc1cccc(C(=O)NC(C(=O)NCCCN(C)C)C(C)C)c1. The Kier molecular flexibility index (Phi) is 7.75. The van der Waals surface area contributed by atoms with Gasteiger partial charge in [-0.3, -0.25) is 9.59 Å². The fraction of sp³-hybridized carbons (Fsp3) is 0.556. The summed E-state index contributed by atoms with van der Waals surface area (Å²) in [6.45, 7) is 7.33. The van der Waals surface area contributed by atoms with Crippen LogP contribution in [0.5, 0.6) is 0 Å². The Balaban J connectivity index is 2.60. The molecule has 1 aromatic rings. The Hall–Kier alpha value is -1.88. The molecule has 0 aliphatic carbocycles. The minimum Gasteiger partial charge on any atom is -0.354 e. The third kappa shape index (κ3) is 6.82. The smallest absolute Gasteiger partial charge is 0.251 e. The van der Waals surface area contributed by atoms with Gasteiger partial charge in [-0.1, -0.05) is 31.5 Å². The van der Waals surface area contributed by atoms with Crippen LogP contribution in [0.15, 0.2) is 24.3 Å². The van der Waals surface area contributed by atoms with Crippen LogP contribution in [0.2, 0.25) is 0 Å². The van der Waals surface area contributed by atoms with Crippen molar-refractivity contribution in [1.82, 2.24) is 15.5 Å². The highest BCUT2D eigenvalue weighted by atomic mass is 16.2. The average molecular weight is 319 g/mol. The molecule has 128 valence electrons. The maximum atomic E-state index is 12.3. The Morgan fingerprint density at radius 3 is 2.48 bits per heavy atom. The van der Waals surface area contributed by atoms with Gasteiger partial charge < -0.3 is 15.5 Å². The number of rotatable bonds is 8. The van der Waals surface area contributed by atoms with E-state index in [9.17, 15) is 9.59 Å². The second kappa shape index (κ2) is 9.30. The van der Waals surface area contributed by atoms with Crippen LogP contribution in [-0.2, 0) is 4.79 Å². The highest BCUT2D eigenvalue weighted by molar-refractivity contribution is 5.97. The van der Waals surface area contributed by atoms with E-state index in [2.05, 4.69) is 15.5 Å². The molecule has 1 atom stereocenters. The topological polar surface area (TPSA) is 61.4 Å². The van der Waals surface area contributed by atoms with Gasteiger partial charge >= 0.3 is 0 Å². The molecule has 2 N–H and O–H groups in total. The number of carbonyl (C=O) groups excluding carboxylic acids is 2. The standard InChI is InChI=1S/C18H29N3O2/c1-13(2)16(18(23)19-10-7-11-21(4)5)20-17(22)15-9-6-8-14(3)12-15/h6,8-9,12-13,16H,7,10-11H2,1-5H3,(H,19,23)(H,20,22). The van der Waals surface area contributed by atoms with Crippen LogP contribution in [0.4, 0.5) is 0 Å². The zero-order valence-electron chi connectivity index (χ0n) is 14.8. The number of hydrogen-bond acceptors (Lipinski definition) is 3. The van der Waals surface area contributed by atoms with Crippen molar-refractivity contribution in [2.75, 3.05) is 27.2 Å². The van der Waals surface area contributed by atoms with Crippen molar-refractivity contribution in [3.63, 3.8) is 0 Å². The first-order valence-electron chi connectivity index (χ1n) is 8.11. The van der Waals surface area contributed by atoms with E-state index in [0.717, 1.165) is 18.5 Å². The monoisotopic (exact) mass is 319 g/mol. The van der Waals surface area contributed by atoms with E-state index in [1.165, 1.54) is 0 Å². The first-order chi connectivity index (χ1) is 10.8. The van der Waals surface area contributed by atoms with Gasteiger partial charge in [-0.25, -0.2) is 0 Å². The van der Waals surface area contributed by atoms with Gasteiger partial charge in [0.2, 0.25) is 5.91 Å². The number of hydrogen-bond donors (Lipinski definition) is 2. The number of nitrogens with one attached hydrogen (secondary N) is 2. The van der Waals surface area contributed by atoms with E-state index in [1.807, 2.05) is 53.1 Å². The van der Waals surface area contributed by atoms with E-state index in [0.29, 0.717) is 12.1 Å². The highest BCUT2D eigenvalue weighted by Crippen LogP contribution is 2.07. The lowest BCUT2D eigenvalue weighted by Crippen LogP contribution is -2.50. The zero-order valence-corrected chi connectivity index (χ0v) is 14.8. The van der Waals surface area contributed by atoms with Crippen LogP contribution in [0, 0.1) is 12.8 Å². The van der Waals surface area contributed by atoms with Crippen molar-refractivity contribution >= 4 is 11.8 Å². The zero-order chi connectivity index (χ0) is 17.4. The summed E-state index contributed by atoms with van der Waals surface area (Å²) in [4.78, 5) is 26.7. The van der Waals surface area contributed by atoms with Crippen LogP contribution < -0.4 is 10.6 Å². The summed E-state index contributed by atoms with van der Waals surface area (Å²) >= 11 is 0. The van der Waals surface area contributed by atoms with Crippen molar-refractivity contribution < 1.29 is 9.59 Å². The summed E-state index contributed by atoms with van der Waals surface area (Å²) in [7, 11) is 4.00. The van der Waals surface area contributed by atoms with Crippen molar-refractivity contribution in [2.24, 2.45) is 5.92 Å². The first-order valence-corrected chi connectivity index (χ1v) is 8.11. The molecule has 0 radical (unpaired) electrons. The van der Waals surface area contributed by atoms with E-state index < -0.39 is 6.04 Å². The molecule has 0 aliphatic rings. The van der Waals surface area contributed by atoms with Gasteiger partial charge in [-0.05, 0) is 52.0 Å². The number of nitrogens with zero attached hydrogens (tertiary/aromatic N) is 1. The van der Waals surface area contributed by atoms with Crippen molar-refractivity contribution in [1.29, 1.82) is 0 Å². The summed E-state index contributed by atoms with van der Waals surface area (Å²) in [6.07, 6.45) is 0.884. The second-order valence-electron chi connectivity index (χ2n) is 6.51. The third-order valence-electron chi connectivity index (χ3n) is 3.60. The lowest BCUT2D eigenvalue weighted by molar-refractivity contribution is -0.123. The molecule has 0 fully saturated rings. The molecule has 5 nitrogen and oxygen atoms in total. The molecule has 0 saturated carbocycles. The molecule has 0 spiro atoms. The molecule has 0 saturated heterocycles. The van der Waals surface area contributed by atoms with Gasteiger partial charge in [-0.2, -0.15) is 0 Å². The van der Waals surface area contributed by atoms with Gasteiger partial charge in [0, 0.05) is 12.1 Å². The number of amides is 2. The summed E-state index contributed by atoms with van der Waals surface area (Å²) in [5.74, 6) is -0.312. The van der Waals surface area contributed by atoms with E-state index in [-0.39, 0.29) is 17.7 Å². The van der Waals surface area contributed by atoms with E-state index in [4.69, 9.17) is 0 Å². The third-order valence-corrected chi connectivity index (χ3v) is 3.60. The molecule has 0 aliphatic heterocycles. The molecular formula is C18H29N3O2. The second-order valence-corrected chi connectivity index (χ2v) is 6.51. The molecule has 23 heavy (non-hydrogen) atoms. The van der Waals surface area contributed by atoms with Crippen LogP contribution in [0.1, 0.15) is 36.2 Å². The average Bonchev–Trinajstić information content (AvgIpc) is 2.48. The lowest BCUT2D eigenvalue weighted by atomic mass is 10.0. The molecule has 0 bridgehead atoms. The number of benzene rings is 1. The summed E-state index contributed by atoms with van der Waals surface area (Å²) in [5, 5.41) is 5.76. The van der Waals surface area contributed by atoms with Gasteiger partial charge in [0.1, 0.15) is 6.04 Å². The normalized spacial score (nSPS) is 12.3. The molecule has 1 unspecified atom stereocenters. The predicted molar refractivity (Wildman–Crippen MR) is 93.5 cm³/mol. The van der Waals surface area contributed by atoms with E-state index in [1.54, 1.807) is 6.07 Å². The molecule has 0 heterocycles. The van der Waals surface area contributed by atoms with Crippen LogP contribution in [-0.4, -0.2) is 49.9 Å². The summed E-state index contributed by atoms with van der Waals surface area (Å²) in [5.41, 5.74) is 1.60. The number of aryl methyl sites for hydroxylation is 1. The van der Waals surface area contributed by atoms with Crippen molar-refractivity contribution in [3.05, 3.63) is 35.4 Å². The minimum absolute atomic E-state index is 0.0256. The van der Waals surface area contributed by atoms with Crippen molar-refractivity contribution in [3.8, 4) is 0 Å². The minimum atomic E-state index is -0.526. The van der Waals surface area contributed by atoms with Crippen LogP contribution in [0.25, 0.3) is 0 Å².